The van der Waals surface area contributed by atoms with Crippen molar-refractivity contribution in [1.82, 2.24) is 5.48 Å². The molecule has 2 N–H and O–H groups in total. The molecule has 1 heterocycles. The summed E-state index contributed by atoms with van der Waals surface area (Å²) >= 11 is 0. The normalized spacial score (nSPS) is 16.4. The molecule has 0 aromatic heterocycles. The van der Waals surface area contributed by atoms with Crippen LogP contribution in [0.3, 0.4) is 0 Å². The van der Waals surface area contributed by atoms with Crippen molar-refractivity contribution in [3.8, 4) is 11.5 Å². The van der Waals surface area contributed by atoms with Crippen molar-refractivity contribution in [3.05, 3.63) is 59.2 Å². The first-order chi connectivity index (χ1) is 10.2. The Balaban J connectivity index is 1.75. The molecule has 1 aliphatic heterocycles. The average Bonchev–Trinajstić information content (AvgIpc) is 2.89. The SMILES string of the molecule is ON[C@H]1COc2cc(OCc3c(F)cccc3F)ccc21. The summed E-state index contributed by atoms with van der Waals surface area (Å²) in [6.07, 6.45) is 0. The van der Waals surface area contributed by atoms with Gasteiger partial charge in [0.2, 0.25) is 0 Å². The number of halogens is 2. The monoisotopic (exact) mass is 293 g/mol. The van der Waals surface area contributed by atoms with Crippen LogP contribution in [0.25, 0.3) is 0 Å². The van der Waals surface area contributed by atoms with Gasteiger partial charge in [-0.05, 0) is 24.3 Å². The van der Waals surface area contributed by atoms with Crippen LogP contribution in [-0.4, -0.2) is 11.8 Å². The number of hydrogen-bond donors (Lipinski definition) is 2. The van der Waals surface area contributed by atoms with Crippen LogP contribution in [0.15, 0.2) is 36.4 Å². The topological polar surface area (TPSA) is 50.7 Å². The van der Waals surface area contributed by atoms with Gasteiger partial charge in [0.25, 0.3) is 0 Å². The van der Waals surface area contributed by atoms with Crippen LogP contribution in [0.2, 0.25) is 0 Å². The fourth-order valence-electron chi connectivity index (χ4n) is 2.21. The number of rotatable bonds is 4. The zero-order valence-corrected chi connectivity index (χ0v) is 11.0. The van der Waals surface area contributed by atoms with Crippen molar-refractivity contribution in [3.63, 3.8) is 0 Å². The second-order valence-electron chi connectivity index (χ2n) is 4.68. The van der Waals surface area contributed by atoms with E-state index in [0.29, 0.717) is 18.1 Å². The molecule has 0 saturated heterocycles. The van der Waals surface area contributed by atoms with E-state index >= 15 is 0 Å². The molecule has 0 aliphatic carbocycles. The number of fused-ring (bicyclic) bond motifs is 1. The van der Waals surface area contributed by atoms with E-state index in [9.17, 15) is 8.78 Å². The first-order valence-corrected chi connectivity index (χ1v) is 6.41. The number of hydroxylamine groups is 1. The first kappa shape index (κ1) is 13.8. The molecule has 4 nitrogen and oxygen atoms in total. The minimum absolute atomic E-state index is 0.117. The van der Waals surface area contributed by atoms with Crippen molar-refractivity contribution in [2.45, 2.75) is 12.6 Å². The largest absolute Gasteiger partial charge is 0.491 e. The summed E-state index contributed by atoms with van der Waals surface area (Å²) in [6, 6.07) is 8.43. The summed E-state index contributed by atoms with van der Waals surface area (Å²) in [5.41, 5.74) is 2.84. The summed E-state index contributed by atoms with van der Waals surface area (Å²) in [4.78, 5) is 0. The van der Waals surface area contributed by atoms with E-state index in [1.54, 1.807) is 18.2 Å². The molecule has 0 saturated carbocycles. The lowest BCUT2D eigenvalue weighted by molar-refractivity contribution is 0.113. The molecular weight excluding hydrogens is 280 g/mol. The molecule has 2 aromatic carbocycles. The lowest BCUT2D eigenvalue weighted by Crippen LogP contribution is -2.17. The Morgan fingerprint density at radius 3 is 2.71 bits per heavy atom. The van der Waals surface area contributed by atoms with Gasteiger partial charge in [0.1, 0.15) is 36.3 Å². The Morgan fingerprint density at radius 2 is 2.00 bits per heavy atom. The third kappa shape index (κ3) is 2.68. The molecule has 110 valence electrons. The molecule has 1 aliphatic rings. The van der Waals surface area contributed by atoms with Crippen LogP contribution in [-0.2, 0) is 6.61 Å². The highest BCUT2D eigenvalue weighted by Gasteiger charge is 2.23. The second-order valence-corrected chi connectivity index (χ2v) is 4.68. The van der Waals surface area contributed by atoms with E-state index in [1.165, 1.54) is 18.2 Å². The van der Waals surface area contributed by atoms with Crippen LogP contribution >= 0.6 is 0 Å². The van der Waals surface area contributed by atoms with E-state index in [-0.39, 0.29) is 18.2 Å². The van der Waals surface area contributed by atoms with Gasteiger partial charge in [-0.25, -0.2) is 8.78 Å². The Kier molecular flexibility index (Phi) is 3.72. The van der Waals surface area contributed by atoms with Gasteiger partial charge in [0.15, 0.2) is 0 Å². The second kappa shape index (κ2) is 5.67. The Morgan fingerprint density at radius 1 is 1.24 bits per heavy atom. The van der Waals surface area contributed by atoms with Gasteiger partial charge >= 0.3 is 0 Å². The van der Waals surface area contributed by atoms with Crippen molar-refractivity contribution in [2.75, 3.05) is 6.61 Å². The molecule has 3 rings (SSSR count). The summed E-state index contributed by atoms with van der Waals surface area (Å²) in [6.45, 7) is 0.107. The van der Waals surface area contributed by atoms with Gasteiger partial charge in [-0.2, -0.15) is 5.48 Å². The molecule has 2 aromatic rings. The van der Waals surface area contributed by atoms with E-state index in [4.69, 9.17) is 14.7 Å². The zero-order chi connectivity index (χ0) is 14.8. The van der Waals surface area contributed by atoms with Crippen molar-refractivity contribution < 1.29 is 23.5 Å². The highest BCUT2D eigenvalue weighted by Crippen LogP contribution is 2.35. The summed E-state index contributed by atoms with van der Waals surface area (Å²) in [7, 11) is 0. The first-order valence-electron chi connectivity index (χ1n) is 6.41. The zero-order valence-electron chi connectivity index (χ0n) is 11.0. The van der Waals surface area contributed by atoms with Crippen molar-refractivity contribution in [1.29, 1.82) is 0 Å². The quantitative estimate of drug-likeness (QED) is 0.851. The van der Waals surface area contributed by atoms with E-state index < -0.39 is 11.6 Å². The average molecular weight is 293 g/mol. The van der Waals surface area contributed by atoms with E-state index in [0.717, 1.165) is 5.56 Å². The molecule has 0 spiro atoms. The third-order valence-corrected chi connectivity index (χ3v) is 3.37. The molecule has 0 bridgehead atoms. The summed E-state index contributed by atoms with van der Waals surface area (Å²) in [5, 5.41) is 8.95. The molecule has 21 heavy (non-hydrogen) atoms. The van der Waals surface area contributed by atoms with Crippen LogP contribution < -0.4 is 15.0 Å². The predicted molar refractivity (Wildman–Crippen MR) is 70.3 cm³/mol. The molecule has 6 heteroatoms. The van der Waals surface area contributed by atoms with Crippen molar-refractivity contribution in [2.24, 2.45) is 0 Å². The smallest absolute Gasteiger partial charge is 0.132 e. The summed E-state index contributed by atoms with van der Waals surface area (Å²) < 4.78 is 37.8. The number of ether oxygens (including phenoxy) is 2. The Hall–Kier alpha value is -2.18. The Bertz CT molecular complexity index is 643. The lowest BCUT2D eigenvalue weighted by atomic mass is 10.1. The van der Waals surface area contributed by atoms with Gasteiger partial charge in [-0.15, -0.1) is 0 Å². The van der Waals surface area contributed by atoms with Crippen molar-refractivity contribution >= 4 is 0 Å². The standard InChI is InChI=1S/C15H13F2NO3/c16-12-2-1-3-13(17)11(12)7-20-9-4-5-10-14(18-19)8-21-15(10)6-9/h1-6,14,18-19H,7-8H2/t14-/m0/s1. The highest BCUT2D eigenvalue weighted by molar-refractivity contribution is 5.45. The van der Waals surface area contributed by atoms with E-state index in [1.807, 2.05) is 0 Å². The minimum atomic E-state index is -0.642. The van der Waals surface area contributed by atoms with Crippen LogP contribution in [0.5, 0.6) is 11.5 Å². The van der Waals surface area contributed by atoms with Gasteiger partial charge in [-0.3, -0.25) is 0 Å². The number of nitrogens with one attached hydrogen (secondary N) is 1. The lowest BCUT2D eigenvalue weighted by Gasteiger charge is -2.10. The van der Waals surface area contributed by atoms with Gasteiger partial charge < -0.3 is 14.7 Å². The summed E-state index contributed by atoms with van der Waals surface area (Å²) in [5.74, 6) is -0.267. The van der Waals surface area contributed by atoms with E-state index in [2.05, 4.69) is 5.48 Å². The van der Waals surface area contributed by atoms with Gasteiger partial charge in [0, 0.05) is 11.6 Å². The minimum Gasteiger partial charge on any atom is -0.491 e. The fraction of sp³-hybridized carbons (Fsp3) is 0.200. The van der Waals surface area contributed by atoms with Crippen LogP contribution in [0.1, 0.15) is 17.2 Å². The van der Waals surface area contributed by atoms with Gasteiger partial charge in [0.05, 0.1) is 11.6 Å². The molecule has 1 atom stereocenters. The van der Waals surface area contributed by atoms with Crippen LogP contribution in [0.4, 0.5) is 8.78 Å². The molecule has 0 unspecified atom stereocenters. The maximum absolute atomic E-state index is 13.5. The molecule has 0 fully saturated rings. The maximum atomic E-state index is 13.5. The highest BCUT2D eigenvalue weighted by atomic mass is 19.1. The fourth-order valence-corrected chi connectivity index (χ4v) is 2.21. The molecule has 0 amide bonds. The van der Waals surface area contributed by atoms with Gasteiger partial charge in [-0.1, -0.05) is 6.07 Å². The molecule has 0 radical (unpaired) electrons. The van der Waals surface area contributed by atoms with Crippen LogP contribution in [0, 0.1) is 11.6 Å². The molecular formula is C15H13F2NO3. The predicted octanol–water partition coefficient (Wildman–Crippen LogP) is 2.96. The third-order valence-electron chi connectivity index (χ3n) is 3.37. The number of hydrogen-bond acceptors (Lipinski definition) is 4. The Labute approximate surface area is 119 Å². The maximum Gasteiger partial charge on any atom is 0.132 e. The number of benzene rings is 2.